The van der Waals surface area contributed by atoms with Crippen molar-refractivity contribution in [3.05, 3.63) is 71.8 Å². The Bertz CT molecular complexity index is 833. The molecule has 30 heavy (non-hydrogen) atoms. The number of hydrogen-bond acceptors (Lipinski definition) is 5. The predicted octanol–water partition coefficient (Wildman–Crippen LogP) is 4.23. The number of hydrogen-bond donors (Lipinski definition) is 1. The molecule has 4 unspecified atom stereocenters. The first-order chi connectivity index (χ1) is 14.7. The Morgan fingerprint density at radius 3 is 2.33 bits per heavy atom. The maximum Gasteiger partial charge on any atom is 0.288 e. The third-order valence-corrected chi connectivity index (χ3v) is 5.70. The third kappa shape index (κ3) is 4.50. The summed E-state index contributed by atoms with van der Waals surface area (Å²) in [6.45, 7) is 3.06. The summed E-state index contributed by atoms with van der Waals surface area (Å²) in [5.41, 5.74) is 1.12. The van der Waals surface area contributed by atoms with E-state index in [0.29, 0.717) is 38.6 Å². The fourth-order valence-electron chi connectivity index (χ4n) is 4.15. The Morgan fingerprint density at radius 1 is 1.03 bits per heavy atom. The van der Waals surface area contributed by atoms with Gasteiger partial charge >= 0.3 is 0 Å². The molecule has 0 aromatic heterocycles. The summed E-state index contributed by atoms with van der Waals surface area (Å²) < 4.78 is 32.5. The molecule has 0 spiro atoms. The smallest absolute Gasteiger partial charge is 0.288 e. The highest BCUT2D eigenvalue weighted by Crippen LogP contribution is 2.44. The van der Waals surface area contributed by atoms with Crippen molar-refractivity contribution in [1.29, 1.82) is 0 Å². The molecule has 160 valence electrons. The zero-order valence-corrected chi connectivity index (χ0v) is 17.3. The van der Waals surface area contributed by atoms with Gasteiger partial charge < -0.3 is 19.5 Å². The maximum absolute atomic E-state index is 13.7. The average molecular weight is 413 g/mol. The molecule has 1 aliphatic carbocycles. The van der Waals surface area contributed by atoms with Gasteiger partial charge in [-0.05, 0) is 36.8 Å². The van der Waals surface area contributed by atoms with E-state index in [1.807, 2.05) is 67.6 Å². The van der Waals surface area contributed by atoms with E-state index in [0.717, 1.165) is 11.1 Å². The lowest BCUT2D eigenvalue weighted by Crippen LogP contribution is -2.56. The Balaban J connectivity index is 1.60. The minimum absolute atomic E-state index is 0.139. The molecule has 0 amide bonds. The summed E-state index contributed by atoms with van der Waals surface area (Å²) in [5.74, 6) is -0.139. The molecule has 1 fully saturated rings. The van der Waals surface area contributed by atoms with Crippen LogP contribution in [0.4, 0.5) is 4.39 Å². The number of nitrogens with zero attached hydrogens (tertiary/aromatic N) is 1. The highest BCUT2D eigenvalue weighted by atomic mass is 19.1. The molecule has 4 atom stereocenters. The standard InChI is InChI=1S/C24H29FN2O3/c1-2-26-23-27-24(29-17-19-11-7-4-8-12-19)21(13-20(15-25)14-22(24)30-23)28-16-18-9-5-3-6-10-18/h3-12,20-22H,2,13-17H2,1H3,(H,26,27). The van der Waals surface area contributed by atoms with Gasteiger partial charge in [-0.3, -0.25) is 4.39 Å². The van der Waals surface area contributed by atoms with Crippen LogP contribution in [-0.4, -0.2) is 37.2 Å². The van der Waals surface area contributed by atoms with Crippen LogP contribution >= 0.6 is 0 Å². The normalized spacial score (nSPS) is 27.8. The molecule has 1 saturated carbocycles. The van der Waals surface area contributed by atoms with Crippen molar-refractivity contribution in [1.82, 2.24) is 5.32 Å². The highest BCUT2D eigenvalue weighted by molar-refractivity contribution is 5.76. The second-order valence-electron chi connectivity index (χ2n) is 7.86. The Kier molecular flexibility index (Phi) is 6.65. The lowest BCUT2D eigenvalue weighted by molar-refractivity contribution is -0.211. The lowest BCUT2D eigenvalue weighted by atomic mass is 9.80. The van der Waals surface area contributed by atoms with Gasteiger partial charge in [-0.2, -0.15) is 4.99 Å². The van der Waals surface area contributed by atoms with Crippen molar-refractivity contribution in [2.45, 2.75) is 50.9 Å². The average Bonchev–Trinajstić information content (AvgIpc) is 3.15. The molecule has 2 aromatic carbocycles. The van der Waals surface area contributed by atoms with E-state index in [1.54, 1.807) is 0 Å². The number of halogens is 1. The Hall–Kier alpha value is -2.44. The van der Waals surface area contributed by atoms with Crippen molar-refractivity contribution >= 4 is 6.02 Å². The van der Waals surface area contributed by atoms with E-state index in [9.17, 15) is 4.39 Å². The summed E-state index contributed by atoms with van der Waals surface area (Å²) in [5, 5.41) is 3.15. The van der Waals surface area contributed by atoms with Crippen LogP contribution in [-0.2, 0) is 27.4 Å². The number of amidine groups is 1. The van der Waals surface area contributed by atoms with Crippen LogP contribution in [0.1, 0.15) is 30.9 Å². The van der Waals surface area contributed by atoms with Crippen LogP contribution in [0, 0.1) is 5.92 Å². The number of nitrogens with one attached hydrogen (secondary N) is 1. The zero-order chi connectivity index (χ0) is 20.8. The highest BCUT2D eigenvalue weighted by Gasteiger charge is 2.58. The quantitative estimate of drug-likeness (QED) is 0.705. The molecule has 2 aromatic rings. The first kappa shape index (κ1) is 20.8. The molecule has 2 aliphatic rings. The largest absolute Gasteiger partial charge is 0.457 e. The van der Waals surface area contributed by atoms with Crippen LogP contribution < -0.4 is 5.32 Å². The Labute approximate surface area is 177 Å². The minimum Gasteiger partial charge on any atom is -0.457 e. The summed E-state index contributed by atoms with van der Waals surface area (Å²) in [6, 6.07) is 20.4. The Morgan fingerprint density at radius 2 is 1.70 bits per heavy atom. The predicted molar refractivity (Wildman–Crippen MR) is 114 cm³/mol. The van der Waals surface area contributed by atoms with Crippen molar-refractivity contribution < 1.29 is 18.6 Å². The molecule has 5 nitrogen and oxygen atoms in total. The van der Waals surface area contributed by atoms with E-state index in [4.69, 9.17) is 19.2 Å². The molecule has 1 N–H and O–H groups in total. The number of alkyl halides is 1. The van der Waals surface area contributed by atoms with Gasteiger partial charge in [0.25, 0.3) is 6.02 Å². The number of ether oxygens (including phenoxy) is 3. The SMILES string of the molecule is CCNC1=NC2(OCc3ccccc3)C(OCc3ccccc3)CC(CF)CC2O1. The first-order valence-corrected chi connectivity index (χ1v) is 10.6. The van der Waals surface area contributed by atoms with Gasteiger partial charge in [-0.15, -0.1) is 0 Å². The van der Waals surface area contributed by atoms with Crippen LogP contribution in [0.25, 0.3) is 0 Å². The zero-order valence-electron chi connectivity index (χ0n) is 17.3. The number of fused-ring (bicyclic) bond motifs is 1. The molecule has 4 rings (SSSR count). The van der Waals surface area contributed by atoms with Gasteiger partial charge in [0.2, 0.25) is 5.72 Å². The number of rotatable bonds is 8. The van der Waals surface area contributed by atoms with Crippen LogP contribution in [0.3, 0.4) is 0 Å². The van der Waals surface area contributed by atoms with Gasteiger partial charge in [-0.25, -0.2) is 0 Å². The minimum atomic E-state index is -0.992. The van der Waals surface area contributed by atoms with Gasteiger partial charge in [-0.1, -0.05) is 60.7 Å². The molecule has 0 bridgehead atoms. The maximum atomic E-state index is 13.7. The third-order valence-electron chi connectivity index (χ3n) is 5.70. The fraction of sp³-hybridized carbons (Fsp3) is 0.458. The van der Waals surface area contributed by atoms with E-state index in [1.165, 1.54) is 0 Å². The van der Waals surface area contributed by atoms with Gasteiger partial charge in [0.05, 0.1) is 19.9 Å². The van der Waals surface area contributed by atoms with Crippen molar-refractivity contribution in [2.75, 3.05) is 13.2 Å². The topological polar surface area (TPSA) is 52.1 Å². The second-order valence-corrected chi connectivity index (χ2v) is 7.86. The van der Waals surface area contributed by atoms with E-state index in [2.05, 4.69) is 5.32 Å². The molecule has 1 heterocycles. The van der Waals surface area contributed by atoms with E-state index >= 15 is 0 Å². The fourth-order valence-corrected chi connectivity index (χ4v) is 4.15. The van der Waals surface area contributed by atoms with Gasteiger partial charge in [0, 0.05) is 6.54 Å². The van der Waals surface area contributed by atoms with Crippen LogP contribution in [0.15, 0.2) is 65.7 Å². The molecule has 6 heteroatoms. The molecular weight excluding hydrogens is 383 g/mol. The van der Waals surface area contributed by atoms with Crippen molar-refractivity contribution in [3.8, 4) is 0 Å². The monoisotopic (exact) mass is 412 g/mol. The first-order valence-electron chi connectivity index (χ1n) is 10.6. The van der Waals surface area contributed by atoms with Crippen molar-refractivity contribution in [2.24, 2.45) is 10.9 Å². The summed E-state index contributed by atoms with van der Waals surface area (Å²) >= 11 is 0. The van der Waals surface area contributed by atoms with E-state index < -0.39 is 18.5 Å². The summed E-state index contributed by atoms with van der Waals surface area (Å²) in [6.07, 6.45) is 0.304. The summed E-state index contributed by atoms with van der Waals surface area (Å²) in [4.78, 5) is 4.82. The molecule has 1 aliphatic heterocycles. The molecule has 0 radical (unpaired) electrons. The second kappa shape index (κ2) is 9.58. The van der Waals surface area contributed by atoms with Crippen LogP contribution in [0.5, 0.6) is 0 Å². The molecule has 0 saturated heterocycles. The van der Waals surface area contributed by atoms with Crippen molar-refractivity contribution in [3.63, 3.8) is 0 Å². The molecular formula is C24H29FN2O3. The number of aliphatic imine (C=N–C) groups is 1. The lowest BCUT2D eigenvalue weighted by Gasteiger charge is -2.43. The number of benzene rings is 2. The van der Waals surface area contributed by atoms with Gasteiger partial charge in [0.1, 0.15) is 6.10 Å². The van der Waals surface area contributed by atoms with Crippen LogP contribution in [0.2, 0.25) is 0 Å². The van der Waals surface area contributed by atoms with E-state index in [-0.39, 0.29) is 12.0 Å². The summed E-state index contributed by atoms with van der Waals surface area (Å²) in [7, 11) is 0. The van der Waals surface area contributed by atoms with Gasteiger partial charge in [0.15, 0.2) is 6.10 Å².